The molecule has 1 saturated heterocycles. The van der Waals surface area contributed by atoms with Gasteiger partial charge >= 0.3 is 11.9 Å². The van der Waals surface area contributed by atoms with Gasteiger partial charge in [-0.25, -0.2) is 4.79 Å². The maximum atomic E-state index is 12.8. The zero-order chi connectivity index (χ0) is 22.2. The van der Waals surface area contributed by atoms with E-state index < -0.39 is 17.5 Å². The highest BCUT2D eigenvalue weighted by atomic mass is 16.6. The minimum absolute atomic E-state index is 0.112. The third-order valence-corrected chi connectivity index (χ3v) is 6.12. The lowest BCUT2D eigenvalue weighted by molar-refractivity contribution is -0.179. The first kappa shape index (κ1) is 20.9. The van der Waals surface area contributed by atoms with Crippen LogP contribution >= 0.6 is 0 Å². The number of carbonyl (C=O) groups excluding carboxylic acids is 3. The summed E-state index contributed by atoms with van der Waals surface area (Å²) in [5, 5.41) is 6.92. The minimum atomic E-state index is -1.63. The molecule has 0 radical (unpaired) electrons. The van der Waals surface area contributed by atoms with Gasteiger partial charge in [0.05, 0.1) is 6.04 Å². The predicted molar refractivity (Wildman–Crippen MR) is 116 cm³/mol. The molecule has 31 heavy (non-hydrogen) atoms. The summed E-state index contributed by atoms with van der Waals surface area (Å²) < 4.78 is 10.8. The van der Waals surface area contributed by atoms with Gasteiger partial charge < -0.3 is 20.1 Å². The van der Waals surface area contributed by atoms with Crippen LogP contribution in [0, 0.1) is 6.92 Å². The van der Waals surface area contributed by atoms with Crippen LogP contribution < -0.4 is 10.6 Å². The van der Waals surface area contributed by atoms with E-state index in [1.54, 1.807) is 19.9 Å². The molecule has 3 heterocycles. The van der Waals surface area contributed by atoms with Gasteiger partial charge in [-0.05, 0) is 42.7 Å². The van der Waals surface area contributed by atoms with E-state index in [9.17, 15) is 14.4 Å². The lowest BCUT2D eigenvalue weighted by Crippen LogP contribution is -2.49. The van der Waals surface area contributed by atoms with Crippen LogP contribution in [-0.4, -0.2) is 43.0 Å². The molecule has 0 saturated carbocycles. The molecule has 1 aromatic carbocycles. The van der Waals surface area contributed by atoms with Crippen LogP contribution in [0.3, 0.4) is 0 Å². The van der Waals surface area contributed by atoms with Gasteiger partial charge in [-0.2, -0.15) is 0 Å². The Morgan fingerprint density at radius 3 is 2.87 bits per heavy atom. The van der Waals surface area contributed by atoms with Crippen molar-refractivity contribution < 1.29 is 23.9 Å². The lowest BCUT2D eigenvalue weighted by atomic mass is 9.84. The molecule has 7 nitrogen and oxygen atoms in total. The molecular formula is C24H26N2O5. The van der Waals surface area contributed by atoms with Gasteiger partial charge in [0, 0.05) is 41.1 Å². The normalized spacial score (nSPS) is 25.6. The van der Waals surface area contributed by atoms with E-state index >= 15 is 0 Å². The number of rotatable bonds is 5. The van der Waals surface area contributed by atoms with Crippen LogP contribution in [-0.2, 0) is 23.9 Å². The molecule has 2 atom stereocenters. The van der Waals surface area contributed by atoms with Crippen molar-refractivity contribution in [1.82, 2.24) is 5.32 Å². The summed E-state index contributed by atoms with van der Waals surface area (Å²) in [4.78, 5) is 36.8. The molecule has 4 rings (SSSR count). The number of anilines is 1. The van der Waals surface area contributed by atoms with Gasteiger partial charge in [0.15, 0.2) is 0 Å². The summed E-state index contributed by atoms with van der Waals surface area (Å²) in [6.07, 6.45) is 4.89. The fraction of sp³-hybridized carbons (Fsp3) is 0.375. The van der Waals surface area contributed by atoms with E-state index in [0.717, 1.165) is 22.5 Å². The maximum absolute atomic E-state index is 12.8. The molecule has 1 fully saturated rings. The van der Waals surface area contributed by atoms with Crippen molar-refractivity contribution in [3.8, 4) is 0 Å². The van der Waals surface area contributed by atoms with Crippen molar-refractivity contribution in [3.63, 3.8) is 0 Å². The molecule has 3 aliphatic rings. The molecule has 0 amide bonds. The van der Waals surface area contributed by atoms with Gasteiger partial charge in [-0.15, -0.1) is 0 Å². The van der Waals surface area contributed by atoms with Crippen LogP contribution in [0.15, 0.2) is 46.7 Å². The van der Waals surface area contributed by atoms with Crippen molar-refractivity contribution in [1.29, 1.82) is 0 Å². The fourth-order valence-corrected chi connectivity index (χ4v) is 4.33. The van der Waals surface area contributed by atoms with Crippen molar-refractivity contribution in [2.75, 3.05) is 18.5 Å². The summed E-state index contributed by atoms with van der Waals surface area (Å²) in [5.41, 5.74) is 4.38. The summed E-state index contributed by atoms with van der Waals surface area (Å²) in [6.45, 7) is 5.96. The second-order valence-corrected chi connectivity index (χ2v) is 7.93. The average Bonchev–Trinajstić information content (AvgIpc) is 3.17. The summed E-state index contributed by atoms with van der Waals surface area (Å²) in [5.74, 6) is -1.18. The first-order valence-corrected chi connectivity index (χ1v) is 10.5. The molecule has 0 spiro atoms. The van der Waals surface area contributed by atoms with E-state index in [1.165, 1.54) is 5.56 Å². The Morgan fingerprint density at radius 2 is 2.16 bits per heavy atom. The number of cyclic esters (lactones) is 1. The SMILES string of the molecule is CCC(=O)O[C@]1(CC)C(=O)OCC(C=O)=C1/C=C1\NCC2=Cc3c(C)cccc3NC21. The Morgan fingerprint density at radius 1 is 1.35 bits per heavy atom. The van der Waals surface area contributed by atoms with E-state index in [1.807, 2.05) is 12.1 Å². The van der Waals surface area contributed by atoms with Gasteiger partial charge in [-0.1, -0.05) is 26.0 Å². The topological polar surface area (TPSA) is 93.7 Å². The molecule has 2 N–H and O–H groups in total. The molecule has 1 unspecified atom stereocenters. The van der Waals surface area contributed by atoms with E-state index in [-0.39, 0.29) is 25.5 Å². The largest absolute Gasteiger partial charge is 0.457 e. The van der Waals surface area contributed by atoms with Crippen LogP contribution in [0.5, 0.6) is 0 Å². The first-order chi connectivity index (χ1) is 14.9. The van der Waals surface area contributed by atoms with Gasteiger partial charge in [0.2, 0.25) is 5.60 Å². The van der Waals surface area contributed by atoms with Crippen LogP contribution in [0.1, 0.15) is 37.8 Å². The first-order valence-electron chi connectivity index (χ1n) is 10.5. The number of esters is 2. The van der Waals surface area contributed by atoms with Crippen LogP contribution in [0.2, 0.25) is 0 Å². The zero-order valence-electron chi connectivity index (χ0n) is 17.9. The summed E-state index contributed by atoms with van der Waals surface area (Å²) >= 11 is 0. The Hall–Kier alpha value is -3.35. The number of hydrogen-bond donors (Lipinski definition) is 2. The Balaban J connectivity index is 1.78. The number of aldehydes is 1. The number of carbonyl (C=O) groups is 3. The van der Waals surface area contributed by atoms with Crippen LogP contribution in [0.25, 0.3) is 6.08 Å². The zero-order valence-corrected chi connectivity index (χ0v) is 17.9. The van der Waals surface area contributed by atoms with E-state index in [0.29, 0.717) is 24.0 Å². The highest BCUT2D eigenvalue weighted by Gasteiger charge is 2.49. The highest BCUT2D eigenvalue weighted by molar-refractivity contribution is 5.93. The van der Waals surface area contributed by atoms with Crippen molar-refractivity contribution >= 4 is 30.0 Å². The van der Waals surface area contributed by atoms with Crippen LogP contribution in [0.4, 0.5) is 5.69 Å². The Bertz CT molecular complexity index is 1050. The van der Waals surface area contributed by atoms with Crippen molar-refractivity contribution in [3.05, 3.63) is 57.8 Å². The molecule has 7 heteroatoms. The predicted octanol–water partition coefficient (Wildman–Crippen LogP) is 2.81. The number of ether oxygens (including phenoxy) is 2. The van der Waals surface area contributed by atoms with Crippen molar-refractivity contribution in [2.24, 2.45) is 0 Å². The van der Waals surface area contributed by atoms with Crippen molar-refractivity contribution in [2.45, 2.75) is 45.3 Å². The molecule has 3 aliphatic heterocycles. The number of benzene rings is 1. The standard InChI is InChI=1S/C24H26N2O5/c1-4-21(28)31-24(5-2)18(16(12-27)13-30-23(24)29)10-20-22-15(11-25-20)9-17-14(3)7-6-8-19(17)26-22/h6-10,12,22,25-26H,4-5,11,13H2,1-3H3/b20-10-/t22?,24-/m0/s1. The molecular weight excluding hydrogens is 396 g/mol. The number of nitrogens with one attached hydrogen (secondary N) is 2. The maximum Gasteiger partial charge on any atom is 0.355 e. The van der Waals surface area contributed by atoms with Gasteiger partial charge in [0.25, 0.3) is 0 Å². The van der Waals surface area contributed by atoms with E-state index in [2.05, 4.69) is 29.7 Å². The Labute approximate surface area is 181 Å². The Kier molecular flexibility index (Phi) is 5.43. The third-order valence-electron chi connectivity index (χ3n) is 6.12. The number of hydrogen-bond acceptors (Lipinski definition) is 7. The molecule has 0 aromatic heterocycles. The van der Waals surface area contributed by atoms with Gasteiger partial charge in [-0.3, -0.25) is 9.59 Å². The van der Waals surface area contributed by atoms with Gasteiger partial charge in [0.1, 0.15) is 12.9 Å². The lowest BCUT2D eigenvalue weighted by Gasteiger charge is -2.36. The monoisotopic (exact) mass is 422 g/mol. The summed E-state index contributed by atoms with van der Waals surface area (Å²) in [6, 6.07) is 5.98. The molecule has 1 aromatic rings. The average molecular weight is 422 g/mol. The summed E-state index contributed by atoms with van der Waals surface area (Å²) in [7, 11) is 0. The molecule has 162 valence electrons. The van der Waals surface area contributed by atoms with E-state index in [4.69, 9.17) is 9.47 Å². The molecule has 0 bridgehead atoms. The third kappa shape index (κ3) is 3.44. The smallest absolute Gasteiger partial charge is 0.355 e. The number of aryl methyl sites for hydroxylation is 1. The fourth-order valence-electron chi connectivity index (χ4n) is 4.33. The molecule has 0 aliphatic carbocycles. The second-order valence-electron chi connectivity index (χ2n) is 7.93. The highest BCUT2D eigenvalue weighted by Crippen LogP contribution is 2.38. The quantitative estimate of drug-likeness (QED) is 0.557. The number of fused-ring (bicyclic) bond motifs is 2. The second kappa shape index (κ2) is 8.06. The minimum Gasteiger partial charge on any atom is -0.457 e.